The largest absolute Gasteiger partial charge is 0.487 e. The maximum absolute atomic E-state index is 10.5. The summed E-state index contributed by atoms with van der Waals surface area (Å²) < 4.78 is 28.2. The molecule has 0 aromatic heterocycles. The van der Waals surface area contributed by atoms with Crippen molar-refractivity contribution in [2.75, 3.05) is 52.9 Å². The number of rotatable bonds is 5. The SMILES string of the molecule is CC(/C=C/C=C(C)/C=C/c1ccc2c(c1)OCCOCCOCCOCCO2)=C\C=O. The van der Waals surface area contributed by atoms with E-state index in [1.807, 2.05) is 62.4 Å². The summed E-state index contributed by atoms with van der Waals surface area (Å²) in [5.41, 5.74) is 2.99. The first-order valence-electron chi connectivity index (χ1n) is 10.5. The molecule has 1 aliphatic rings. The van der Waals surface area contributed by atoms with Gasteiger partial charge < -0.3 is 23.7 Å². The molecule has 1 aliphatic heterocycles. The second-order valence-electron chi connectivity index (χ2n) is 6.89. The number of fused-ring (bicyclic) bond motifs is 1. The van der Waals surface area contributed by atoms with E-state index >= 15 is 0 Å². The molecule has 0 aliphatic carbocycles. The van der Waals surface area contributed by atoms with Crippen LogP contribution in [0.1, 0.15) is 19.4 Å². The second kappa shape index (κ2) is 15.2. The molecule has 0 bridgehead atoms. The van der Waals surface area contributed by atoms with Gasteiger partial charge in [-0.3, -0.25) is 4.79 Å². The van der Waals surface area contributed by atoms with Gasteiger partial charge in [-0.2, -0.15) is 0 Å². The second-order valence-corrected chi connectivity index (χ2v) is 6.89. The average Bonchev–Trinajstić information content (AvgIpc) is 2.77. The van der Waals surface area contributed by atoms with Crippen LogP contribution in [0.3, 0.4) is 0 Å². The fourth-order valence-corrected chi connectivity index (χ4v) is 2.62. The lowest BCUT2D eigenvalue weighted by Crippen LogP contribution is -2.13. The van der Waals surface area contributed by atoms with Crippen LogP contribution in [0.15, 0.2) is 59.7 Å². The molecule has 0 radical (unpaired) electrons. The Bertz CT molecular complexity index is 791. The van der Waals surface area contributed by atoms with Crippen molar-refractivity contribution in [3.05, 3.63) is 65.3 Å². The molecule has 0 saturated heterocycles. The van der Waals surface area contributed by atoms with E-state index in [0.717, 1.165) is 23.0 Å². The van der Waals surface area contributed by atoms with Crippen molar-refractivity contribution in [2.45, 2.75) is 13.8 Å². The smallest absolute Gasteiger partial charge is 0.161 e. The Labute approximate surface area is 184 Å². The maximum atomic E-state index is 10.5. The molecular formula is C25H32O6. The van der Waals surface area contributed by atoms with Gasteiger partial charge in [-0.1, -0.05) is 42.0 Å². The van der Waals surface area contributed by atoms with E-state index in [4.69, 9.17) is 23.7 Å². The van der Waals surface area contributed by atoms with Gasteiger partial charge in [0.05, 0.1) is 39.6 Å². The molecule has 1 aromatic carbocycles. The van der Waals surface area contributed by atoms with Gasteiger partial charge in [0.15, 0.2) is 11.5 Å². The number of carbonyl (C=O) groups is 1. The lowest BCUT2D eigenvalue weighted by Gasteiger charge is -2.13. The van der Waals surface area contributed by atoms with Gasteiger partial charge in [0.2, 0.25) is 0 Å². The fourth-order valence-electron chi connectivity index (χ4n) is 2.62. The van der Waals surface area contributed by atoms with E-state index in [-0.39, 0.29) is 0 Å². The van der Waals surface area contributed by atoms with Crippen LogP contribution in [-0.4, -0.2) is 59.1 Å². The zero-order valence-corrected chi connectivity index (χ0v) is 18.4. The first-order valence-corrected chi connectivity index (χ1v) is 10.5. The highest BCUT2D eigenvalue weighted by molar-refractivity contribution is 5.67. The third-order valence-corrected chi connectivity index (χ3v) is 4.27. The highest BCUT2D eigenvalue weighted by atomic mass is 16.6. The van der Waals surface area contributed by atoms with Gasteiger partial charge in [0.25, 0.3) is 0 Å². The van der Waals surface area contributed by atoms with Crippen LogP contribution in [0.5, 0.6) is 11.5 Å². The average molecular weight is 429 g/mol. The van der Waals surface area contributed by atoms with E-state index in [1.165, 1.54) is 6.08 Å². The lowest BCUT2D eigenvalue weighted by molar-refractivity contribution is -0.104. The molecule has 0 atom stereocenters. The summed E-state index contributed by atoms with van der Waals surface area (Å²) in [6, 6.07) is 5.84. The summed E-state index contributed by atoms with van der Waals surface area (Å²) in [5, 5.41) is 0. The van der Waals surface area contributed by atoms with Crippen molar-refractivity contribution < 1.29 is 28.5 Å². The molecule has 2 rings (SSSR count). The molecule has 1 aromatic rings. The number of aldehydes is 1. The Morgan fingerprint density at radius 1 is 0.742 bits per heavy atom. The Morgan fingerprint density at radius 3 is 1.97 bits per heavy atom. The topological polar surface area (TPSA) is 63.2 Å². The van der Waals surface area contributed by atoms with Gasteiger partial charge >= 0.3 is 0 Å². The van der Waals surface area contributed by atoms with Crippen molar-refractivity contribution in [3.63, 3.8) is 0 Å². The van der Waals surface area contributed by atoms with Gasteiger partial charge in [0, 0.05) is 0 Å². The highest BCUT2D eigenvalue weighted by Gasteiger charge is 2.07. The van der Waals surface area contributed by atoms with Crippen LogP contribution >= 0.6 is 0 Å². The molecule has 1 heterocycles. The number of hydrogen-bond acceptors (Lipinski definition) is 6. The van der Waals surface area contributed by atoms with Crippen LogP contribution in [0.25, 0.3) is 6.08 Å². The van der Waals surface area contributed by atoms with Crippen LogP contribution in [0.2, 0.25) is 0 Å². The molecule has 0 fully saturated rings. The zero-order chi connectivity index (χ0) is 22.2. The first-order chi connectivity index (χ1) is 15.2. The van der Waals surface area contributed by atoms with Crippen LogP contribution in [0.4, 0.5) is 0 Å². The molecule has 0 saturated carbocycles. The molecule has 168 valence electrons. The Kier molecular flexibility index (Phi) is 12.0. The number of carbonyl (C=O) groups excluding carboxylic acids is 1. The van der Waals surface area contributed by atoms with E-state index in [2.05, 4.69) is 0 Å². The normalized spacial score (nSPS) is 18.0. The van der Waals surface area contributed by atoms with Gasteiger partial charge in [-0.25, -0.2) is 0 Å². The minimum atomic E-state index is 0.428. The molecule has 31 heavy (non-hydrogen) atoms. The van der Waals surface area contributed by atoms with Crippen LogP contribution in [-0.2, 0) is 19.0 Å². The first kappa shape index (κ1) is 24.6. The molecule has 0 amide bonds. The predicted molar refractivity (Wildman–Crippen MR) is 122 cm³/mol. The third kappa shape index (κ3) is 10.8. The summed E-state index contributed by atoms with van der Waals surface area (Å²) in [7, 11) is 0. The summed E-state index contributed by atoms with van der Waals surface area (Å²) >= 11 is 0. The van der Waals surface area contributed by atoms with E-state index in [0.29, 0.717) is 64.4 Å². The summed E-state index contributed by atoms with van der Waals surface area (Å²) in [5.74, 6) is 1.35. The van der Waals surface area contributed by atoms with Crippen molar-refractivity contribution in [1.29, 1.82) is 0 Å². The molecule has 6 heteroatoms. The van der Waals surface area contributed by atoms with Gasteiger partial charge in [0.1, 0.15) is 19.5 Å². The summed E-state index contributed by atoms with van der Waals surface area (Å²) in [6.07, 6.45) is 12.2. The summed E-state index contributed by atoms with van der Waals surface area (Å²) in [6.45, 7) is 7.88. The van der Waals surface area contributed by atoms with E-state index in [9.17, 15) is 4.79 Å². The summed E-state index contributed by atoms with van der Waals surface area (Å²) in [4.78, 5) is 10.5. The Morgan fingerprint density at radius 2 is 1.32 bits per heavy atom. The van der Waals surface area contributed by atoms with Gasteiger partial charge in [-0.05, 0) is 43.2 Å². The Balaban J connectivity index is 2.03. The van der Waals surface area contributed by atoms with Gasteiger partial charge in [-0.15, -0.1) is 0 Å². The number of benzene rings is 1. The number of ether oxygens (including phenoxy) is 5. The number of allylic oxidation sites excluding steroid dienone is 7. The van der Waals surface area contributed by atoms with Crippen molar-refractivity contribution in [3.8, 4) is 11.5 Å². The standard InChI is InChI=1S/C25H32O6/c1-21(4-3-5-22(2)10-11-26)6-7-23-8-9-24-25(20-23)31-19-17-29-15-13-27-12-14-28-16-18-30-24/h3-11,20H,12-19H2,1-2H3/b5-3+,7-6+,21-4+,22-10+. The third-order valence-electron chi connectivity index (χ3n) is 4.27. The van der Waals surface area contributed by atoms with Crippen LogP contribution < -0.4 is 9.47 Å². The Hall–Kier alpha value is -2.67. The van der Waals surface area contributed by atoms with Crippen molar-refractivity contribution in [2.24, 2.45) is 0 Å². The lowest BCUT2D eigenvalue weighted by atomic mass is 10.1. The zero-order valence-electron chi connectivity index (χ0n) is 18.4. The molecule has 0 unspecified atom stereocenters. The van der Waals surface area contributed by atoms with E-state index < -0.39 is 0 Å². The quantitative estimate of drug-likeness (QED) is 0.399. The molecule has 0 spiro atoms. The molecular weight excluding hydrogens is 396 g/mol. The maximum Gasteiger partial charge on any atom is 0.161 e. The minimum Gasteiger partial charge on any atom is -0.487 e. The fraction of sp³-hybridized carbons (Fsp3) is 0.400. The van der Waals surface area contributed by atoms with Crippen molar-refractivity contribution >= 4 is 12.4 Å². The van der Waals surface area contributed by atoms with Crippen LogP contribution in [0, 0.1) is 0 Å². The van der Waals surface area contributed by atoms with E-state index in [1.54, 1.807) is 0 Å². The highest BCUT2D eigenvalue weighted by Crippen LogP contribution is 2.29. The predicted octanol–water partition coefficient (Wildman–Crippen LogP) is 4.17. The monoisotopic (exact) mass is 428 g/mol. The van der Waals surface area contributed by atoms with Crippen molar-refractivity contribution in [1.82, 2.24) is 0 Å². The number of hydrogen-bond donors (Lipinski definition) is 0. The molecule has 0 N–H and O–H groups in total. The molecule has 6 nitrogen and oxygen atoms in total. The minimum absolute atomic E-state index is 0.428.